The molecule has 7 heteroatoms. The lowest BCUT2D eigenvalue weighted by Gasteiger charge is -2.31. The maximum absolute atomic E-state index is 13.2. The van der Waals surface area contributed by atoms with Gasteiger partial charge in [-0.25, -0.2) is 8.42 Å². The Hall–Kier alpha value is -2.54. The monoisotopic (exact) mass is 443 g/mol. The predicted octanol–water partition coefficient (Wildman–Crippen LogP) is 4.48. The summed E-state index contributed by atoms with van der Waals surface area (Å²) in [5, 5.41) is 2.92. The van der Waals surface area contributed by atoms with E-state index in [1.165, 1.54) is 23.6 Å². The minimum absolute atomic E-state index is 0.334. The Labute approximate surface area is 186 Å². The molecule has 0 aromatic heterocycles. The van der Waals surface area contributed by atoms with Crippen LogP contribution in [0.2, 0.25) is 0 Å². The molecule has 1 aliphatic rings. The summed E-state index contributed by atoms with van der Waals surface area (Å²) in [6.07, 6.45) is 5.20. The molecular weight excluding hydrogens is 410 g/mol. The molecule has 1 saturated heterocycles. The molecule has 0 spiro atoms. The molecule has 31 heavy (non-hydrogen) atoms. The smallest absolute Gasteiger partial charge is 0.248 e. The number of rotatable bonds is 7. The molecule has 1 amide bonds. The van der Waals surface area contributed by atoms with Gasteiger partial charge in [-0.2, -0.15) is 0 Å². The van der Waals surface area contributed by atoms with E-state index in [1.807, 2.05) is 63.2 Å². The number of nitrogens with one attached hydrogen (secondary N) is 1. The highest BCUT2D eigenvalue weighted by Crippen LogP contribution is 2.28. The van der Waals surface area contributed by atoms with Crippen LogP contribution in [-0.4, -0.2) is 39.7 Å². The van der Waals surface area contributed by atoms with Crippen LogP contribution in [-0.2, 0) is 14.8 Å². The lowest BCUT2D eigenvalue weighted by molar-refractivity contribution is -0.117. The maximum atomic E-state index is 13.2. The van der Waals surface area contributed by atoms with Gasteiger partial charge in [0.15, 0.2) is 0 Å². The topological polar surface area (TPSA) is 69.7 Å². The quantitative estimate of drug-likeness (QED) is 0.685. The highest BCUT2D eigenvalue weighted by Gasteiger charge is 2.32. The van der Waals surface area contributed by atoms with Crippen LogP contribution in [0.3, 0.4) is 0 Å². The van der Waals surface area contributed by atoms with Gasteiger partial charge in [0.25, 0.3) is 0 Å². The molecule has 1 atom stereocenters. The van der Waals surface area contributed by atoms with Crippen molar-refractivity contribution in [1.82, 2.24) is 0 Å². The standard InChI is InChI=1S/C24H33N3O3S/c1-5-22(27(31(4,29)30)23-17-18(2)9-10-19(23)3)24(28)25-20-11-13-21(14-12-20)26-15-7-6-8-16-26/h9-14,17,22H,5-8,15-16H2,1-4H3,(H,25,28)/t22-/m0/s1. The van der Waals surface area contributed by atoms with E-state index in [0.29, 0.717) is 17.8 Å². The first kappa shape index (κ1) is 23.1. The van der Waals surface area contributed by atoms with Gasteiger partial charge in [0, 0.05) is 24.5 Å². The van der Waals surface area contributed by atoms with Crippen molar-refractivity contribution in [3.63, 3.8) is 0 Å². The summed E-state index contributed by atoms with van der Waals surface area (Å²) in [6.45, 7) is 7.71. The van der Waals surface area contributed by atoms with E-state index >= 15 is 0 Å². The lowest BCUT2D eigenvalue weighted by Crippen LogP contribution is -2.47. The number of carbonyl (C=O) groups is 1. The summed E-state index contributed by atoms with van der Waals surface area (Å²) in [7, 11) is -3.66. The number of piperidine rings is 1. The molecule has 168 valence electrons. The van der Waals surface area contributed by atoms with Crippen molar-refractivity contribution >= 4 is 33.0 Å². The molecule has 0 aliphatic carbocycles. The zero-order chi connectivity index (χ0) is 22.6. The first-order valence-electron chi connectivity index (χ1n) is 10.9. The number of anilines is 3. The molecule has 3 rings (SSSR count). The molecule has 2 aromatic carbocycles. The van der Waals surface area contributed by atoms with Crippen molar-refractivity contribution in [3.05, 3.63) is 53.6 Å². The number of amides is 1. The second kappa shape index (κ2) is 9.73. The van der Waals surface area contributed by atoms with Crippen molar-refractivity contribution in [3.8, 4) is 0 Å². The normalized spacial score (nSPS) is 15.4. The van der Waals surface area contributed by atoms with E-state index in [9.17, 15) is 13.2 Å². The Morgan fingerprint density at radius 2 is 1.71 bits per heavy atom. The summed E-state index contributed by atoms with van der Waals surface area (Å²) < 4.78 is 26.7. The van der Waals surface area contributed by atoms with E-state index in [0.717, 1.165) is 36.2 Å². The summed E-state index contributed by atoms with van der Waals surface area (Å²) in [6, 6.07) is 12.6. The Bertz CT molecular complexity index is 1010. The molecule has 1 fully saturated rings. The van der Waals surface area contributed by atoms with Crippen LogP contribution in [0.5, 0.6) is 0 Å². The van der Waals surface area contributed by atoms with Crippen LogP contribution in [0.1, 0.15) is 43.7 Å². The molecule has 1 aliphatic heterocycles. The van der Waals surface area contributed by atoms with Crippen LogP contribution >= 0.6 is 0 Å². The fourth-order valence-electron chi connectivity index (χ4n) is 4.13. The van der Waals surface area contributed by atoms with E-state index in [4.69, 9.17) is 0 Å². The SMILES string of the molecule is CC[C@@H](C(=O)Nc1ccc(N2CCCCC2)cc1)N(c1cc(C)ccc1C)S(C)(=O)=O. The van der Waals surface area contributed by atoms with E-state index in [2.05, 4.69) is 10.2 Å². The Morgan fingerprint density at radius 3 is 2.29 bits per heavy atom. The number of nitrogens with zero attached hydrogens (tertiary/aromatic N) is 2. The third-order valence-electron chi connectivity index (χ3n) is 5.79. The van der Waals surface area contributed by atoms with Crippen molar-refractivity contribution < 1.29 is 13.2 Å². The van der Waals surface area contributed by atoms with Crippen molar-refractivity contribution in [1.29, 1.82) is 0 Å². The molecule has 6 nitrogen and oxygen atoms in total. The van der Waals surface area contributed by atoms with E-state index in [1.54, 1.807) is 0 Å². The maximum Gasteiger partial charge on any atom is 0.248 e. The van der Waals surface area contributed by atoms with Gasteiger partial charge in [0.1, 0.15) is 6.04 Å². The summed E-state index contributed by atoms with van der Waals surface area (Å²) in [5.74, 6) is -0.334. The Kier molecular flexibility index (Phi) is 7.26. The minimum atomic E-state index is -3.66. The van der Waals surface area contributed by atoms with Crippen LogP contribution in [0.15, 0.2) is 42.5 Å². The highest BCUT2D eigenvalue weighted by molar-refractivity contribution is 7.92. The van der Waals surface area contributed by atoms with Crippen LogP contribution in [0, 0.1) is 13.8 Å². The van der Waals surface area contributed by atoms with Gasteiger partial charge in [0.2, 0.25) is 15.9 Å². The molecule has 2 aromatic rings. The van der Waals surface area contributed by atoms with Gasteiger partial charge in [-0.3, -0.25) is 9.10 Å². The highest BCUT2D eigenvalue weighted by atomic mass is 32.2. The molecule has 0 radical (unpaired) electrons. The molecule has 1 N–H and O–H groups in total. The summed E-state index contributed by atoms with van der Waals surface area (Å²) in [5.41, 5.74) is 4.12. The largest absolute Gasteiger partial charge is 0.372 e. The van der Waals surface area contributed by atoms with Gasteiger partial charge in [0.05, 0.1) is 11.9 Å². The Balaban J connectivity index is 1.82. The number of benzene rings is 2. The van der Waals surface area contributed by atoms with Crippen LogP contribution < -0.4 is 14.5 Å². The Morgan fingerprint density at radius 1 is 1.06 bits per heavy atom. The lowest BCUT2D eigenvalue weighted by atomic mass is 10.1. The third-order valence-corrected chi connectivity index (χ3v) is 6.95. The predicted molar refractivity (Wildman–Crippen MR) is 128 cm³/mol. The first-order valence-corrected chi connectivity index (χ1v) is 12.8. The molecular formula is C24H33N3O3S. The second-order valence-electron chi connectivity index (χ2n) is 8.36. The fourth-order valence-corrected chi connectivity index (χ4v) is 5.39. The second-order valence-corrected chi connectivity index (χ2v) is 10.2. The zero-order valence-electron chi connectivity index (χ0n) is 18.9. The van der Waals surface area contributed by atoms with Crippen LogP contribution in [0.4, 0.5) is 17.1 Å². The fraction of sp³-hybridized carbons (Fsp3) is 0.458. The number of hydrogen-bond acceptors (Lipinski definition) is 4. The minimum Gasteiger partial charge on any atom is -0.372 e. The van der Waals surface area contributed by atoms with E-state index < -0.39 is 16.1 Å². The van der Waals surface area contributed by atoms with Gasteiger partial charge < -0.3 is 10.2 Å². The number of aryl methyl sites for hydroxylation is 2. The summed E-state index contributed by atoms with van der Waals surface area (Å²) >= 11 is 0. The molecule has 0 unspecified atom stereocenters. The molecule has 1 heterocycles. The average molecular weight is 444 g/mol. The molecule has 0 bridgehead atoms. The first-order chi connectivity index (χ1) is 14.7. The number of sulfonamides is 1. The van der Waals surface area contributed by atoms with Crippen molar-refractivity contribution in [2.45, 2.75) is 52.5 Å². The third kappa shape index (κ3) is 5.58. The molecule has 0 saturated carbocycles. The summed E-state index contributed by atoms with van der Waals surface area (Å²) in [4.78, 5) is 15.5. The number of carbonyl (C=O) groups excluding carboxylic acids is 1. The number of hydrogen-bond donors (Lipinski definition) is 1. The average Bonchev–Trinajstić information content (AvgIpc) is 2.74. The van der Waals surface area contributed by atoms with Gasteiger partial charge in [-0.1, -0.05) is 19.1 Å². The zero-order valence-corrected chi connectivity index (χ0v) is 19.7. The van der Waals surface area contributed by atoms with E-state index in [-0.39, 0.29) is 5.91 Å². The van der Waals surface area contributed by atoms with Crippen molar-refractivity contribution in [2.24, 2.45) is 0 Å². The van der Waals surface area contributed by atoms with Crippen molar-refractivity contribution in [2.75, 3.05) is 33.9 Å². The van der Waals surface area contributed by atoms with Gasteiger partial charge >= 0.3 is 0 Å². The van der Waals surface area contributed by atoms with Crippen LogP contribution in [0.25, 0.3) is 0 Å². The van der Waals surface area contributed by atoms with Gasteiger partial charge in [-0.15, -0.1) is 0 Å². The van der Waals surface area contributed by atoms with Gasteiger partial charge in [-0.05, 0) is 81.0 Å².